The van der Waals surface area contributed by atoms with Gasteiger partial charge in [0.15, 0.2) is 0 Å². The van der Waals surface area contributed by atoms with Crippen LogP contribution < -0.4 is 4.90 Å². The third-order valence-electron chi connectivity index (χ3n) is 5.74. The van der Waals surface area contributed by atoms with Gasteiger partial charge < -0.3 is 9.52 Å². The predicted octanol–water partition coefficient (Wildman–Crippen LogP) is 5.14. The van der Waals surface area contributed by atoms with Crippen molar-refractivity contribution in [3.05, 3.63) is 93.9 Å². The Morgan fingerprint density at radius 1 is 0.967 bits per heavy atom. The SMILES string of the molecule is Cc1ccc(C)c(/C(O)=C2/C(=O)C(=O)N(c3cccc(C)c3C)C2c2ccco2)c1. The van der Waals surface area contributed by atoms with E-state index in [9.17, 15) is 14.7 Å². The number of aliphatic hydroxyl groups is 1. The standard InChI is InChI=1S/C25H23NO4/c1-14-10-11-16(3)18(13-14)23(27)21-22(20-9-6-12-30-20)26(25(29)24(21)28)19-8-5-7-15(2)17(19)4/h5-13,22,27H,1-4H3/b23-21-. The van der Waals surface area contributed by atoms with Crippen LogP contribution in [0, 0.1) is 27.7 Å². The summed E-state index contributed by atoms with van der Waals surface area (Å²) in [6.07, 6.45) is 1.50. The van der Waals surface area contributed by atoms with Gasteiger partial charge in [-0.3, -0.25) is 14.5 Å². The van der Waals surface area contributed by atoms with E-state index in [0.717, 1.165) is 22.3 Å². The van der Waals surface area contributed by atoms with Gasteiger partial charge >= 0.3 is 0 Å². The Morgan fingerprint density at radius 3 is 2.43 bits per heavy atom. The maximum absolute atomic E-state index is 13.2. The molecule has 0 saturated carbocycles. The second-order valence-corrected chi connectivity index (χ2v) is 7.72. The number of hydrogen-bond acceptors (Lipinski definition) is 4. The molecule has 1 atom stereocenters. The monoisotopic (exact) mass is 401 g/mol. The number of nitrogens with zero attached hydrogens (tertiary/aromatic N) is 1. The van der Waals surface area contributed by atoms with Gasteiger partial charge in [0.25, 0.3) is 11.7 Å². The molecule has 0 aliphatic carbocycles. The lowest BCUT2D eigenvalue weighted by Gasteiger charge is -2.25. The summed E-state index contributed by atoms with van der Waals surface area (Å²) in [6.45, 7) is 7.63. The van der Waals surface area contributed by atoms with Crippen molar-refractivity contribution in [1.29, 1.82) is 0 Å². The minimum absolute atomic E-state index is 0.0320. The molecule has 0 bridgehead atoms. The van der Waals surface area contributed by atoms with Crippen LogP contribution in [0.1, 0.15) is 39.6 Å². The van der Waals surface area contributed by atoms with Gasteiger partial charge in [-0.2, -0.15) is 0 Å². The highest BCUT2D eigenvalue weighted by Crippen LogP contribution is 2.43. The van der Waals surface area contributed by atoms with Crippen molar-refractivity contribution in [1.82, 2.24) is 0 Å². The largest absolute Gasteiger partial charge is 0.507 e. The zero-order valence-corrected chi connectivity index (χ0v) is 17.4. The van der Waals surface area contributed by atoms with E-state index in [1.807, 2.05) is 58.0 Å². The summed E-state index contributed by atoms with van der Waals surface area (Å²) in [4.78, 5) is 27.7. The van der Waals surface area contributed by atoms with Gasteiger partial charge in [0.2, 0.25) is 0 Å². The lowest BCUT2D eigenvalue weighted by atomic mass is 9.95. The molecule has 1 aliphatic heterocycles. The topological polar surface area (TPSA) is 70.8 Å². The first-order valence-corrected chi connectivity index (χ1v) is 9.79. The molecular formula is C25H23NO4. The van der Waals surface area contributed by atoms with Crippen LogP contribution in [-0.4, -0.2) is 16.8 Å². The van der Waals surface area contributed by atoms with Crippen LogP contribution in [0.4, 0.5) is 5.69 Å². The lowest BCUT2D eigenvalue weighted by Crippen LogP contribution is -2.30. The van der Waals surface area contributed by atoms with Crippen LogP contribution >= 0.6 is 0 Å². The molecule has 5 nitrogen and oxygen atoms in total. The van der Waals surface area contributed by atoms with E-state index in [4.69, 9.17) is 4.42 Å². The number of Topliss-reactive ketones (excluding diaryl/α,β-unsaturated/α-hetero) is 1. The molecule has 0 radical (unpaired) electrons. The average Bonchev–Trinajstić information content (AvgIpc) is 3.33. The molecule has 2 aromatic carbocycles. The van der Waals surface area contributed by atoms with Gasteiger partial charge in [0, 0.05) is 11.3 Å². The minimum atomic E-state index is -0.847. The Labute approximate surface area is 175 Å². The Morgan fingerprint density at radius 2 is 1.73 bits per heavy atom. The highest BCUT2D eigenvalue weighted by molar-refractivity contribution is 6.51. The number of benzene rings is 2. The van der Waals surface area contributed by atoms with Crippen LogP contribution in [0.25, 0.3) is 5.76 Å². The summed E-state index contributed by atoms with van der Waals surface area (Å²) in [5.74, 6) is -1.18. The summed E-state index contributed by atoms with van der Waals surface area (Å²) in [6, 6.07) is 13.8. The van der Waals surface area contributed by atoms with Crippen molar-refractivity contribution in [2.75, 3.05) is 4.90 Å². The average molecular weight is 401 g/mol. The molecule has 1 unspecified atom stereocenters. The molecule has 30 heavy (non-hydrogen) atoms. The second-order valence-electron chi connectivity index (χ2n) is 7.72. The van der Waals surface area contributed by atoms with E-state index in [1.165, 1.54) is 11.2 Å². The molecule has 1 amide bonds. The third-order valence-corrected chi connectivity index (χ3v) is 5.74. The smallest absolute Gasteiger partial charge is 0.300 e. The van der Waals surface area contributed by atoms with E-state index < -0.39 is 17.7 Å². The first kappa shape index (κ1) is 19.7. The maximum Gasteiger partial charge on any atom is 0.300 e. The summed E-state index contributed by atoms with van der Waals surface area (Å²) >= 11 is 0. The van der Waals surface area contributed by atoms with E-state index in [1.54, 1.807) is 18.2 Å². The quantitative estimate of drug-likeness (QED) is 0.375. The molecular weight excluding hydrogens is 378 g/mol. The number of amides is 1. The van der Waals surface area contributed by atoms with Gasteiger partial charge in [-0.25, -0.2) is 0 Å². The number of anilines is 1. The van der Waals surface area contributed by atoms with E-state index in [2.05, 4.69) is 0 Å². The van der Waals surface area contributed by atoms with Gasteiger partial charge in [0.1, 0.15) is 17.6 Å². The molecule has 1 N–H and O–H groups in total. The summed E-state index contributed by atoms with van der Waals surface area (Å²) < 4.78 is 5.61. The molecule has 1 saturated heterocycles. The Hall–Kier alpha value is -3.60. The van der Waals surface area contributed by atoms with E-state index >= 15 is 0 Å². The highest BCUT2D eigenvalue weighted by atomic mass is 16.3. The van der Waals surface area contributed by atoms with Gasteiger partial charge in [-0.1, -0.05) is 29.8 Å². The van der Waals surface area contributed by atoms with Crippen LogP contribution in [0.15, 0.2) is 64.8 Å². The van der Waals surface area contributed by atoms with Crippen molar-refractivity contribution < 1.29 is 19.1 Å². The van der Waals surface area contributed by atoms with E-state index in [-0.39, 0.29) is 11.3 Å². The molecule has 0 spiro atoms. The van der Waals surface area contributed by atoms with Gasteiger partial charge in [-0.05, 0) is 68.7 Å². The van der Waals surface area contributed by atoms with Gasteiger partial charge in [-0.15, -0.1) is 0 Å². The number of rotatable bonds is 3. The second kappa shape index (κ2) is 7.34. The van der Waals surface area contributed by atoms with Crippen molar-refractivity contribution in [3.8, 4) is 0 Å². The van der Waals surface area contributed by atoms with Gasteiger partial charge in [0.05, 0.1) is 11.8 Å². The first-order chi connectivity index (χ1) is 14.3. The fourth-order valence-corrected chi connectivity index (χ4v) is 3.93. The Kier molecular flexibility index (Phi) is 4.82. The third kappa shape index (κ3) is 3.03. The highest BCUT2D eigenvalue weighted by Gasteiger charge is 2.48. The van der Waals surface area contributed by atoms with Crippen LogP contribution in [0.3, 0.4) is 0 Å². The molecule has 2 heterocycles. The maximum atomic E-state index is 13.2. The van der Waals surface area contributed by atoms with E-state index in [0.29, 0.717) is 17.0 Å². The number of aliphatic hydroxyl groups excluding tert-OH is 1. The molecule has 4 rings (SSSR count). The number of hydrogen-bond donors (Lipinski definition) is 1. The fraction of sp³-hybridized carbons (Fsp3) is 0.200. The molecule has 1 aliphatic rings. The number of carbonyl (C=O) groups is 2. The number of furan rings is 1. The van der Waals surface area contributed by atoms with Crippen molar-refractivity contribution in [3.63, 3.8) is 0 Å². The summed E-state index contributed by atoms with van der Waals surface area (Å²) in [5, 5.41) is 11.2. The van der Waals surface area contributed by atoms with Crippen LogP contribution in [0.5, 0.6) is 0 Å². The number of aryl methyl sites for hydroxylation is 3. The summed E-state index contributed by atoms with van der Waals surface area (Å²) in [5.41, 5.74) is 4.84. The first-order valence-electron chi connectivity index (χ1n) is 9.79. The van der Waals surface area contributed by atoms with Crippen LogP contribution in [-0.2, 0) is 9.59 Å². The number of ketones is 1. The minimum Gasteiger partial charge on any atom is -0.507 e. The molecule has 1 aromatic heterocycles. The summed E-state index contributed by atoms with van der Waals surface area (Å²) in [7, 11) is 0. The van der Waals surface area contributed by atoms with Crippen molar-refractivity contribution in [2.24, 2.45) is 0 Å². The fourth-order valence-electron chi connectivity index (χ4n) is 3.93. The zero-order valence-electron chi connectivity index (χ0n) is 17.4. The normalized spacial score (nSPS) is 18.3. The molecule has 5 heteroatoms. The predicted molar refractivity (Wildman–Crippen MR) is 115 cm³/mol. The lowest BCUT2D eigenvalue weighted by molar-refractivity contribution is -0.132. The zero-order chi connectivity index (χ0) is 21.6. The molecule has 3 aromatic rings. The Balaban J connectivity index is 1.99. The Bertz CT molecular complexity index is 1190. The van der Waals surface area contributed by atoms with Crippen LogP contribution in [0.2, 0.25) is 0 Å². The van der Waals surface area contributed by atoms with Crippen molar-refractivity contribution in [2.45, 2.75) is 33.7 Å². The number of carbonyl (C=O) groups excluding carboxylic acids is 2. The molecule has 1 fully saturated rings. The molecule has 152 valence electrons. The van der Waals surface area contributed by atoms with Crippen molar-refractivity contribution >= 4 is 23.1 Å².